The molecule has 2 rings (SSSR count). The van der Waals surface area contributed by atoms with E-state index in [4.69, 9.17) is 9.47 Å². The van der Waals surface area contributed by atoms with E-state index in [1.165, 1.54) is 0 Å². The molecule has 2 unspecified atom stereocenters. The minimum atomic E-state index is -0.226. The van der Waals surface area contributed by atoms with Crippen molar-refractivity contribution in [3.8, 4) is 6.07 Å². The lowest BCUT2D eigenvalue weighted by Gasteiger charge is -2.26. The Bertz CT molecular complexity index is 422. The number of nitrogens with one attached hydrogen (secondary N) is 1. The molecule has 4 nitrogen and oxygen atoms in total. The summed E-state index contributed by atoms with van der Waals surface area (Å²) in [7, 11) is 1.72. The maximum Gasteiger partial charge on any atom is 0.106 e. The number of benzene rings is 1. The summed E-state index contributed by atoms with van der Waals surface area (Å²) in [5.41, 5.74) is 0.822. The van der Waals surface area contributed by atoms with Gasteiger partial charge in [-0.1, -0.05) is 30.3 Å². The zero-order valence-corrected chi connectivity index (χ0v) is 11.3. The van der Waals surface area contributed by atoms with E-state index in [0.717, 1.165) is 18.6 Å². The zero-order valence-electron chi connectivity index (χ0n) is 11.3. The summed E-state index contributed by atoms with van der Waals surface area (Å²) in [5, 5.41) is 12.6. The Morgan fingerprint density at radius 1 is 1.47 bits per heavy atom. The lowest BCUT2D eigenvalue weighted by molar-refractivity contribution is -0.0156. The van der Waals surface area contributed by atoms with Gasteiger partial charge in [-0.2, -0.15) is 5.26 Å². The SMILES string of the molecule is COC1(CNCC(C#N)c2ccccc2)CCOC1. The third-order valence-electron chi connectivity index (χ3n) is 3.65. The second-order valence-corrected chi connectivity index (χ2v) is 4.91. The maximum absolute atomic E-state index is 9.25. The van der Waals surface area contributed by atoms with Crippen molar-refractivity contribution in [1.82, 2.24) is 5.32 Å². The molecule has 4 heteroatoms. The fourth-order valence-electron chi connectivity index (χ4n) is 2.33. The average Bonchev–Trinajstić information content (AvgIpc) is 2.94. The standard InChI is InChI=1S/C15H20N2O2/c1-18-15(7-8-19-12-15)11-17-10-14(9-16)13-5-3-2-4-6-13/h2-6,14,17H,7-8,10-12H2,1H3. The van der Waals surface area contributed by atoms with Crippen molar-refractivity contribution < 1.29 is 9.47 Å². The number of hydrogen-bond donors (Lipinski definition) is 1. The van der Waals surface area contributed by atoms with Gasteiger partial charge in [0, 0.05) is 33.2 Å². The molecule has 1 fully saturated rings. The zero-order chi connectivity index (χ0) is 13.6. The minimum Gasteiger partial charge on any atom is -0.378 e. The molecule has 19 heavy (non-hydrogen) atoms. The highest BCUT2D eigenvalue weighted by Crippen LogP contribution is 2.22. The van der Waals surface area contributed by atoms with E-state index >= 15 is 0 Å². The molecule has 0 amide bonds. The van der Waals surface area contributed by atoms with E-state index in [0.29, 0.717) is 19.7 Å². The van der Waals surface area contributed by atoms with Gasteiger partial charge >= 0.3 is 0 Å². The topological polar surface area (TPSA) is 54.3 Å². The normalized spacial score (nSPS) is 24.0. The van der Waals surface area contributed by atoms with Crippen molar-refractivity contribution in [2.45, 2.75) is 17.9 Å². The van der Waals surface area contributed by atoms with Crippen LogP contribution in [0.25, 0.3) is 0 Å². The first kappa shape index (κ1) is 14.0. The molecular formula is C15H20N2O2. The molecule has 0 bridgehead atoms. The van der Waals surface area contributed by atoms with Crippen molar-refractivity contribution in [3.05, 3.63) is 35.9 Å². The Morgan fingerprint density at radius 2 is 2.26 bits per heavy atom. The Kier molecular flexibility index (Phi) is 4.92. The number of nitrogens with zero attached hydrogens (tertiary/aromatic N) is 1. The number of nitriles is 1. The number of hydrogen-bond acceptors (Lipinski definition) is 4. The average molecular weight is 260 g/mol. The van der Waals surface area contributed by atoms with Crippen LogP contribution < -0.4 is 5.32 Å². The summed E-state index contributed by atoms with van der Waals surface area (Å²) in [6.45, 7) is 2.72. The van der Waals surface area contributed by atoms with Crippen molar-refractivity contribution in [2.75, 3.05) is 33.4 Å². The third kappa shape index (κ3) is 3.54. The van der Waals surface area contributed by atoms with Gasteiger partial charge in [0.05, 0.1) is 18.6 Å². The molecule has 2 atom stereocenters. The summed E-state index contributed by atoms with van der Waals surface area (Å²) >= 11 is 0. The molecule has 102 valence electrons. The second-order valence-electron chi connectivity index (χ2n) is 4.91. The number of rotatable bonds is 6. The predicted octanol–water partition coefficient (Wildman–Crippen LogP) is 1.69. The van der Waals surface area contributed by atoms with Crippen molar-refractivity contribution in [1.29, 1.82) is 5.26 Å². The van der Waals surface area contributed by atoms with Crippen LogP contribution in [0.15, 0.2) is 30.3 Å². The fraction of sp³-hybridized carbons (Fsp3) is 0.533. The monoisotopic (exact) mass is 260 g/mol. The van der Waals surface area contributed by atoms with Crippen LogP contribution in [0.1, 0.15) is 17.9 Å². The van der Waals surface area contributed by atoms with E-state index < -0.39 is 0 Å². The number of ether oxygens (including phenoxy) is 2. The second kappa shape index (κ2) is 6.67. The van der Waals surface area contributed by atoms with Gasteiger partial charge in [-0.15, -0.1) is 0 Å². The van der Waals surface area contributed by atoms with E-state index in [1.807, 2.05) is 30.3 Å². The van der Waals surface area contributed by atoms with Crippen molar-refractivity contribution in [3.63, 3.8) is 0 Å². The first-order valence-corrected chi connectivity index (χ1v) is 6.58. The van der Waals surface area contributed by atoms with Crippen LogP contribution in [-0.4, -0.2) is 39.0 Å². The Morgan fingerprint density at radius 3 is 2.84 bits per heavy atom. The molecule has 1 aromatic rings. The molecule has 0 radical (unpaired) electrons. The van der Waals surface area contributed by atoms with Crippen molar-refractivity contribution >= 4 is 0 Å². The highest BCUT2D eigenvalue weighted by atomic mass is 16.5. The minimum absolute atomic E-state index is 0.127. The molecular weight excluding hydrogens is 240 g/mol. The van der Waals surface area contributed by atoms with Crippen LogP contribution in [0.5, 0.6) is 0 Å². The first-order valence-electron chi connectivity index (χ1n) is 6.58. The lowest BCUT2D eigenvalue weighted by atomic mass is 9.99. The summed E-state index contributed by atoms with van der Waals surface area (Å²) in [6, 6.07) is 12.2. The highest BCUT2D eigenvalue weighted by molar-refractivity contribution is 5.25. The lowest BCUT2D eigenvalue weighted by Crippen LogP contribution is -2.43. The summed E-state index contributed by atoms with van der Waals surface area (Å²) < 4.78 is 10.9. The molecule has 1 aliphatic heterocycles. The summed E-state index contributed by atoms with van der Waals surface area (Å²) in [4.78, 5) is 0. The first-order chi connectivity index (χ1) is 9.29. The fourth-order valence-corrected chi connectivity index (χ4v) is 2.33. The molecule has 1 saturated heterocycles. The molecule has 0 spiro atoms. The molecule has 1 heterocycles. The third-order valence-corrected chi connectivity index (χ3v) is 3.65. The van der Waals surface area contributed by atoms with Gasteiger partial charge in [0.1, 0.15) is 5.60 Å². The molecule has 1 aromatic carbocycles. The van der Waals surface area contributed by atoms with Crippen LogP contribution in [0, 0.1) is 11.3 Å². The van der Waals surface area contributed by atoms with Crippen LogP contribution in [0.2, 0.25) is 0 Å². The van der Waals surface area contributed by atoms with Crippen LogP contribution >= 0.6 is 0 Å². The summed E-state index contributed by atoms with van der Waals surface area (Å²) in [5.74, 6) is -0.127. The van der Waals surface area contributed by atoms with E-state index in [1.54, 1.807) is 7.11 Å². The van der Waals surface area contributed by atoms with Gasteiger partial charge in [-0.05, 0) is 5.56 Å². The van der Waals surface area contributed by atoms with Gasteiger partial charge in [0.2, 0.25) is 0 Å². The maximum atomic E-state index is 9.25. The Balaban J connectivity index is 1.86. The molecule has 1 N–H and O–H groups in total. The molecule has 0 aromatic heterocycles. The molecule has 0 aliphatic carbocycles. The van der Waals surface area contributed by atoms with Crippen LogP contribution in [-0.2, 0) is 9.47 Å². The predicted molar refractivity (Wildman–Crippen MR) is 72.8 cm³/mol. The number of methoxy groups -OCH3 is 1. The van der Waals surface area contributed by atoms with Crippen molar-refractivity contribution in [2.24, 2.45) is 0 Å². The van der Waals surface area contributed by atoms with E-state index in [2.05, 4.69) is 11.4 Å². The van der Waals surface area contributed by atoms with Gasteiger partial charge in [-0.3, -0.25) is 0 Å². The van der Waals surface area contributed by atoms with Crippen LogP contribution in [0.3, 0.4) is 0 Å². The quantitative estimate of drug-likeness (QED) is 0.845. The largest absolute Gasteiger partial charge is 0.378 e. The Labute approximate surface area is 114 Å². The summed E-state index contributed by atoms with van der Waals surface area (Å²) in [6.07, 6.45) is 0.902. The van der Waals surface area contributed by atoms with E-state index in [9.17, 15) is 5.26 Å². The Hall–Kier alpha value is -1.41. The van der Waals surface area contributed by atoms with Gasteiger partial charge in [0.15, 0.2) is 0 Å². The van der Waals surface area contributed by atoms with Crippen LogP contribution in [0.4, 0.5) is 0 Å². The molecule has 1 aliphatic rings. The van der Waals surface area contributed by atoms with Gasteiger partial charge < -0.3 is 14.8 Å². The molecule has 0 saturated carbocycles. The smallest absolute Gasteiger partial charge is 0.106 e. The van der Waals surface area contributed by atoms with E-state index in [-0.39, 0.29) is 11.5 Å². The highest BCUT2D eigenvalue weighted by Gasteiger charge is 2.34. The van der Waals surface area contributed by atoms with Gasteiger partial charge in [0.25, 0.3) is 0 Å². The van der Waals surface area contributed by atoms with Gasteiger partial charge in [-0.25, -0.2) is 0 Å².